The quantitative estimate of drug-likeness (QED) is 0.766. The first-order chi connectivity index (χ1) is 11.1. The van der Waals surface area contributed by atoms with Crippen molar-refractivity contribution in [2.75, 3.05) is 11.9 Å². The van der Waals surface area contributed by atoms with Crippen molar-refractivity contribution in [3.05, 3.63) is 65.7 Å². The summed E-state index contributed by atoms with van der Waals surface area (Å²) < 4.78 is 0. The molecule has 0 spiro atoms. The van der Waals surface area contributed by atoms with Crippen molar-refractivity contribution in [2.45, 2.75) is 19.4 Å². The van der Waals surface area contributed by atoms with Crippen molar-refractivity contribution in [3.8, 4) is 0 Å². The van der Waals surface area contributed by atoms with Crippen LogP contribution in [-0.2, 0) is 0 Å². The van der Waals surface area contributed by atoms with Gasteiger partial charge in [-0.05, 0) is 49.7 Å². The zero-order valence-electron chi connectivity index (χ0n) is 13.0. The molecule has 0 aliphatic heterocycles. The van der Waals surface area contributed by atoms with Crippen LogP contribution in [0.4, 0.5) is 5.69 Å². The zero-order chi connectivity index (χ0) is 16.7. The van der Waals surface area contributed by atoms with Crippen LogP contribution in [0.2, 0.25) is 0 Å². The minimum atomic E-state index is -0.439. The highest BCUT2D eigenvalue weighted by atomic mass is 16.3. The molecular formula is C18H20N2O3. The highest BCUT2D eigenvalue weighted by Gasteiger charge is 2.08. The molecule has 120 valence electrons. The fraction of sp³-hybridized carbons (Fsp3) is 0.222. The summed E-state index contributed by atoms with van der Waals surface area (Å²) in [5.74, 6) is -0.397. The molecule has 0 radical (unpaired) electrons. The van der Waals surface area contributed by atoms with E-state index in [1.54, 1.807) is 55.5 Å². The second-order valence-corrected chi connectivity index (χ2v) is 5.29. The number of anilines is 1. The van der Waals surface area contributed by atoms with E-state index in [0.717, 1.165) is 0 Å². The topological polar surface area (TPSA) is 78.4 Å². The van der Waals surface area contributed by atoms with E-state index in [2.05, 4.69) is 10.6 Å². The summed E-state index contributed by atoms with van der Waals surface area (Å²) in [6, 6.07) is 15.6. The third-order valence-corrected chi connectivity index (χ3v) is 3.29. The van der Waals surface area contributed by atoms with E-state index in [1.165, 1.54) is 0 Å². The molecule has 3 N–H and O–H groups in total. The van der Waals surface area contributed by atoms with E-state index < -0.39 is 6.10 Å². The average molecular weight is 312 g/mol. The number of aliphatic hydroxyl groups is 1. The summed E-state index contributed by atoms with van der Waals surface area (Å²) in [6.07, 6.45) is 0.0719. The van der Waals surface area contributed by atoms with E-state index in [4.69, 9.17) is 5.11 Å². The van der Waals surface area contributed by atoms with Crippen molar-refractivity contribution in [3.63, 3.8) is 0 Å². The van der Waals surface area contributed by atoms with Gasteiger partial charge in [-0.15, -0.1) is 0 Å². The standard InChI is InChI=1S/C18H20N2O3/c1-13(21)11-12-19-17(22)15-7-9-16(10-8-15)20-18(23)14-5-3-2-4-6-14/h2-10,13,21H,11-12H2,1H3,(H,19,22)(H,20,23). The Morgan fingerprint density at radius 1 is 0.957 bits per heavy atom. The fourth-order valence-electron chi connectivity index (χ4n) is 1.99. The van der Waals surface area contributed by atoms with Crippen LogP contribution in [-0.4, -0.2) is 29.6 Å². The Hall–Kier alpha value is -2.66. The van der Waals surface area contributed by atoms with Crippen LogP contribution < -0.4 is 10.6 Å². The van der Waals surface area contributed by atoms with E-state index in [1.807, 2.05) is 6.07 Å². The van der Waals surface area contributed by atoms with Crippen molar-refractivity contribution >= 4 is 17.5 Å². The maximum atomic E-state index is 12.0. The number of aliphatic hydroxyl groups excluding tert-OH is 1. The molecule has 0 aliphatic carbocycles. The third-order valence-electron chi connectivity index (χ3n) is 3.29. The van der Waals surface area contributed by atoms with Gasteiger partial charge in [-0.1, -0.05) is 18.2 Å². The summed E-state index contributed by atoms with van der Waals surface area (Å²) in [6.45, 7) is 2.10. The van der Waals surface area contributed by atoms with Gasteiger partial charge in [0.25, 0.3) is 11.8 Å². The lowest BCUT2D eigenvalue weighted by molar-refractivity contribution is 0.0945. The lowest BCUT2D eigenvalue weighted by Crippen LogP contribution is -2.26. The summed E-state index contributed by atoms with van der Waals surface area (Å²) >= 11 is 0. The number of hydrogen-bond acceptors (Lipinski definition) is 3. The molecule has 0 saturated heterocycles. The molecule has 0 aromatic heterocycles. The minimum absolute atomic E-state index is 0.195. The molecule has 1 unspecified atom stereocenters. The van der Waals surface area contributed by atoms with E-state index in [9.17, 15) is 9.59 Å². The lowest BCUT2D eigenvalue weighted by Gasteiger charge is -2.08. The van der Waals surface area contributed by atoms with Crippen LogP contribution in [0.1, 0.15) is 34.1 Å². The monoisotopic (exact) mass is 312 g/mol. The SMILES string of the molecule is CC(O)CCNC(=O)c1ccc(NC(=O)c2ccccc2)cc1. The van der Waals surface area contributed by atoms with Gasteiger partial charge in [0.2, 0.25) is 0 Å². The highest BCUT2D eigenvalue weighted by molar-refractivity contribution is 6.04. The molecule has 0 aliphatic rings. The number of rotatable bonds is 6. The third kappa shape index (κ3) is 5.23. The number of amides is 2. The Morgan fingerprint density at radius 2 is 1.57 bits per heavy atom. The first-order valence-electron chi connectivity index (χ1n) is 7.49. The number of carbonyl (C=O) groups excluding carboxylic acids is 2. The molecule has 23 heavy (non-hydrogen) atoms. The van der Waals surface area contributed by atoms with Gasteiger partial charge >= 0.3 is 0 Å². The first-order valence-corrected chi connectivity index (χ1v) is 7.49. The number of nitrogens with one attached hydrogen (secondary N) is 2. The molecule has 2 aromatic carbocycles. The molecule has 1 atom stereocenters. The summed E-state index contributed by atoms with van der Waals surface area (Å²) in [4.78, 5) is 23.9. The molecule has 0 saturated carbocycles. The van der Waals surface area contributed by atoms with Crippen LogP contribution in [0.3, 0.4) is 0 Å². The molecule has 5 nitrogen and oxygen atoms in total. The fourth-order valence-corrected chi connectivity index (χ4v) is 1.99. The molecule has 0 fully saturated rings. The second kappa shape index (κ2) is 8.10. The zero-order valence-corrected chi connectivity index (χ0v) is 13.0. The second-order valence-electron chi connectivity index (χ2n) is 5.29. The van der Waals surface area contributed by atoms with E-state index >= 15 is 0 Å². The Balaban J connectivity index is 1.91. The van der Waals surface area contributed by atoms with Gasteiger partial charge in [-0.25, -0.2) is 0 Å². The number of hydrogen-bond donors (Lipinski definition) is 3. The largest absolute Gasteiger partial charge is 0.393 e. The van der Waals surface area contributed by atoms with Gasteiger partial charge in [-0.2, -0.15) is 0 Å². The normalized spacial score (nSPS) is 11.6. The van der Waals surface area contributed by atoms with Crippen LogP contribution in [0.15, 0.2) is 54.6 Å². The highest BCUT2D eigenvalue weighted by Crippen LogP contribution is 2.11. The predicted octanol–water partition coefficient (Wildman–Crippen LogP) is 2.44. The van der Waals surface area contributed by atoms with E-state index in [-0.39, 0.29) is 11.8 Å². The predicted molar refractivity (Wildman–Crippen MR) is 89.5 cm³/mol. The Labute approximate surface area is 135 Å². The molecule has 0 heterocycles. The molecule has 0 bridgehead atoms. The van der Waals surface area contributed by atoms with Gasteiger partial charge in [0, 0.05) is 23.4 Å². The van der Waals surface area contributed by atoms with Gasteiger partial charge in [0.05, 0.1) is 6.10 Å². The summed E-state index contributed by atoms with van der Waals surface area (Å²) in [5.41, 5.74) is 1.71. The molecule has 5 heteroatoms. The Kier molecular flexibility index (Phi) is 5.88. The first kappa shape index (κ1) is 16.7. The van der Waals surface area contributed by atoms with Gasteiger partial charge in [-0.3, -0.25) is 9.59 Å². The Morgan fingerprint density at radius 3 is 2.17 bits per heavy atom. The van der Waals surface area contributed by atoms with Gasteiger partial charge in [0.15, 0.2) is 0 Å². The van der Waals surface area contributed by atoms with E-state index in [0.29, 0.717) is 29.8 Å². The lowest BCUT2D eigenvalue weighted by atomic mass is 10.1. The molecule has 2 aromatic rings. The minimum Gasteiger partial charge on any atom is -0.393 e. The number of carbonyl (C=O) groups is 2. The van der Waals surface area contributed by atoms with Crippen LogP contribution in [0.25, 0.3) is 0 Å². The van der Waals surface area contributed by atoms with Crippen molar-refractivity contribution in [1.29, 1.82) is 0 Å². The van der Waals surface area contributed by atoms with Gasteiger partial charge < -0.3 is 15.7 Å². The van der Waals surface area contributed by atoms with Crippen molar-refractivity contribution < 1.29 is 14.7 Å². The molecule has 2 rings (SSSR count). The van der Waals surface area contributed by atoms with Crippen LogP contribution >= 0.6 is 0 Å². The summed E-state index contributed by atoms with van der Waals surface area (Å²) in [5, 5.41) is 14.7. The van der Waals surface area contributed by atoms with Crippen LogP contribution in [0, 0.1) is 0 Å². The molecule has 2 amide bonds. The maximum Gasteiger partial charge on any atom is 0.255 e. The Bertz CT molecular complexity index is 652. The summed E-state index contributed by atoms with van der Waals surface area (Å²) in [7, 11) is 0. The average Bonchev–Trinajstić information content (AvgIpc) is 2.56. The van der Waals surface area contributed by atoms with Crippen molar-refractivity contribution in [1.82, 2.24) is 5.32 Å². The number of benzene rings is 2. The maximum absolute atomic E-state index is 12.0. The van der Waals surface area contributed by atoms with Gasteiger partial charge in [0.1, 0.15) is 0 Å². The van der Waals surface area contributed by atoms with Crippen LogP contribution in [0.5, 0.6) is 0 Å². The van der Waals surface area contributed by atoms with Crippen molar-refractivity contribution in [2.24, 2.45) is 0 Å². The smallest absolute Gasteiger partial charge is 0.255 e. The molecular weight excluding hydrogens is 292 g/mol.